The molecular weight excluding hydrogens is 448 g/mol. The van der Waals surface area contributed by atoms with Gasteiger partial charge >= 0.3 is 6.03 Å². The van der Waals surface area contributed by atoms with E-state index < -0.39 is 6.03 Å². The molecule has 0 atom stereocenters. The largest absolute Gasteiger partial charge is 0.486 e. The molecule has 0 aliphatic carbocycles. The van der Waals surface area contributed by atoms with Crippen molar-refractivity contribution in [3.8, 4) is 11.5 Å². The van der Waals surface area contributed by atoms with Crippen molar-refractivity contribution < 1.29 is 14.3 Å². The topological polar surface area (TPSA) is 80.1 Å². The maximum absolute atomic E-state index is 11.5. The molecule has 2 aliphatic rings. The summed E-state index contributed by atoms with van der Waals surface area (Å²) in [6.07, 6.45) is 4.30. The summed E-state index contributed by atoms with van der Waals surface area (Å²) >= 11 is 1.60. The number of benzene rings is 2. The number of unbranched alkanes of at least 4 members (excludes halogenated alkanes) is 1. The van der Waals surface area contributed by atoms with Crippen LogP contribution in [-0.2, 0) is 6.42 Å². The summed E-state index contributed by atoms with van der Waals surface area (Å²) in [7, 11) is 0. The summed E-state index contributed by atoms with van der Waals surface area (Å²) in [5.74, 6) is 1.70. The SMILES string of the molecule is NC(=O)Nc1sc2ccccc2c1CCCCN1CCCN(c2ccc3c(c2)OCCO3)CC1. The number of aryl methyl sites for hydroxylation is 1. The second kappa shape index (κ2) is 10.5. The average Bonchev–Trinajstić information content (AvgIpc) is 3.01. The average molecular weight is 481 g/mol. The Morgan fingerprint density at radius 3 is 2.74 bits per heavy atom. The predicted molar refractivity (Wildman–Crippen MR) is 139 cm³/mol. The number of nitrogens with two attached hydrogens (primary N) is 1. The van der Waals surface area contributed by atoms with Crippen LogP contribution in [0, 0.1) is 0 Å². The van der Waals surface area contributed by atoms with Gasteiger partial charge in [0.1, 0.15) is 18.2 Å². The van der Waals surface area contributed by atoms with Crippen LogP contribution in [0.2, 0.25) is 0 Å². The number of anilines is 2. The molecule has 2 amide bonds. The summed E-state index contributed by atoms with van der Waals surface area (Å²) in [6.45, 7) is 6.58. The number of thiophene rings is 1. The van der Waals surface area contributed by atoms with Gasteiger partial charge in [0, 0.05) is 36.1 Å². The number of fused-ring (bicyclic) bond motifs is 2. The molecule has 3 aromatic rings. The molecule has 3 N–H and O–H groups in total. The Kier molecular flexibility index (Phi) is 7.06. The zero-order valence-electron chi connectivity index (χ0n) is 19.4. The number of nitrogens with zero attached hydrogens (tertiary/aromatic N) is 2. The molecule has 34 heavy (non-hydrogen) atoms. The molecule has 0 saturated carbocycles. The Morgan fingerprint density at radius 1 is 1.00 bits per heavy atom. The number of nitrogens with one attached hydrogen (secondary N) is 1. The number of hydrogen-bond acceptors (Lipinski definition) is 6. The van der Waals surface area contributed by atoms with Crippen molar-refractivity contribution in [3.63, 3.8) is 0 Å². The van der Waals surface area contributed by atoms with E-state index in [2.05, 4.69) is 45.4 Å². The monoisotopic (exact) mass is 480 g/mol. The van der Waals surface area contributed by atoms with Gasteiger partial charge in [-0.2, -0.15) is 0 Å². The van der Waals surface area contributed by atoms with Crippen LogP contribution in [0.4, 0.5) is 15.5 Å². The van der Waals surface area contributed by atoms with Gasteiger partial charge in [-0.05, 0) is 67.9 Å². The molecule has 1 saturated heterocycles. The van der Waals surface area contributed by atoms with E-state index in [1.807, 2.05) is 12.1 Å². The van der Waals surface area contributed by atoms with E-state index in [0.717, 1.165) is 74.9 Å². The van der Waals surface area contributed by atoms with E-state index in [-0.39, 0.29) is 0 Å². The van der Waals surface area contributed by atoms with Gasteiger partial charge < -0.3 is 25.0 Å². The van der Waals surface area contributed by atoms with Gasteiger partial charge in [-0.15, -0.1) is 11.3 Å². The van der Waals surface area contributed by atoms with Crippen molar-refractivity contribution in [1.29, 1.82) is 0 Å². The van der Waals surface area contributed by atoms with Crippen LogP contribution >= 0.6 is 11.3 Å². The lowest BCUT2D eigenvalue weighted by Crippen LogP contribution is -2.31. The Hall–Kier alpha value is -2.97. The molecule has 0 radical (unpaired) electrons. The van der Waals surface area contributed by atoms with Gasteiger partial charge in [-0.3, -0.25) is 5.32 Å². The first kappa shape index (κ1) is 22.8. The summed E-state index contributed by atoms with van der Waals surface area (Å²) < 4.78 is 12.6. The maximum atomic E-state index is 11.5. The zero-order chi connectivity index (χ0) is 23.3. The van der Waals surface area contributed by atoms with Crippen molar-refractivity contribution in [2.45, 2.75) is 25.7 Å². The fraction of sp³-hybridized carbons (Fsp3) is 0.423. The summed E-state index contributed by atoms with van der Waals surface area (Å²) in [4.78, 5) is 16.5. The summed E-state index contributed by atoms with van der Waals surface area (Å²) in [6, 6.07) is 14.1. The van der Waals surface area contributed by atoms with Gasteiger partial charge in [0.15, 0.2) is 11.5 Å². The highest BCUT2D eigenvalue weighted by Gasteiger charge is 2.19. The molecule has 2 aromatic carbocycles. The minimum Gasteiger partial charge on any atom is -0.486 e. The van der Waals surface area contributed by atoms with Crippen molar-refractivity contribution >= 4 is 38.1 Å². The predicted octanol–water partition coefficient (Wildman–Crippen LogP) is 4.70. The number of carbonyl (C=O) groups excluding carboxylic acids is 1. The Balaban J connectivity index is 1.13. The molecular formula is C26H32N4O3S. The van der Waals surface area contributed by atoms with Gasteiger partial charge in [-0.25, -0.2) is 4.79 Å². The molecule has 1 fully saturated rings. The maximum Gasteiger partial charge on any atom is 0.317 e. The van der Waals surface area contributed by atoms with E-state index in [0.29, 0.717) is 13.2 Å². The highest BCUT2D eigenvalue weighted by molar-refractivity contribution is 7.23. The van der Waals surface area contributed by atoms with Crippen LogP contribution in [0.1, 0.15) is 24.8 Å². The fourth-order valence-electron chi connectivity index (χ4n) is 4.88. The molecule has 0 bridgehead atoms. The molecule has 7 nitrogen and oxygen atoms in total. The standard InChI is InChI=1S/C26H32N4O3S/c27-26(31)28-25-21(20-6-1-2-8-24(20)34-25)7-3-4-11-29-12-5-13-30(15-14-29)19-9-10-22-23(18-19)33-17-16-32-22/h1-2,6,8-10,18H,3-5,7,11-17H2,(H3,27,28,31). The Morgan fingerprint density at radius 2 is 1.85 bits per heavy atom. The molecule has 3 heterocycles. The second-order valence-corrected chi connectivity index (χ2v) is 9.91. The molecule has 2 aliphatic heterocycles. The minimum atomic E-state index is -0.500. The quantitative estimate of drug-likeness (QED) is 0.479. The van der Waals surface area contributed by atoms with Crippen LogP contribution in [-0.4, -0.2) is 56.9 Å². The van der Waals surface area contributed by atoms with E-state index in [1.54, 1.807) is 11.3 Å². The Labute approximate surface area is 204 Å². The van der Waals surface area contributed by atoms with Crippen LogP contribution in [0.3, 0.4) is 0 Å². The van der Waals surface area contributed by atoms with Crippen molar-refractivity contribution in [1.82, 2.24) is 4.90 Å². The normalized spacial score (nSPS) is 16.4. The highest BCUT2D eigenvalue weighted by Crippen LogP contribution is 2.37. The zero-order valence-corrected chi connectivity index (χ0v) is 20.2. The number of rotatable bonds is 7. The summed E-state index contributed by atoms with van der Waals surface area (Å²) in [5.41, 5.74) is 7.82. The van der Waals surface area contributed by atoms with Gasteiger partial charge in [-0.1, -0.05) is 18.2 Å². The molecule has 0 unspecified atom stereocenters. The fourth-order valence-corrected chi connectivity index (χ4v) is 6.03. The first-order valence-electron chi connectivity index (χ1n) is 12.1. The van der Waals surface area contributed by atoms with Crippen LogP contribution in [0.15, 0.2) is 42.5 Å². The van der Waals surface area contributed by atoms with E-state index in [1.165, 1.54) is 21.3 Å². The third-order valence-electron chi connectivity index (χ3n) is 6.57. The van der Waals surface area contributed by atoms with Crippen LogP contribution in [0.25, 0.3) is 10.1 Å². The lowest BCUT2D eigenvalue weighted by molar-refractivity contribution is 0.171. The molecule has 0 spiro atoms. The molecule has 5 rings (SSSR count). The molecule has 8 heteroatoms. The smallest absolute Gasteiger partial charge is 0.317 e. The number of hydrogen-bond donors (Lipinski definition) is 2. The van der Waals surface area contributed by atoms with E-state index in [9.17, 15) is 4.79 Å². The number of carbonyl (C=O) groups is 1. The van der Waals surface area contributed by atoms with Gasteiger partial charge in [0.2, 0.25) is 0 Å². The number of amides is 2. The van der Waals surface area contributed by atoms with E-state index >= 15 is 0 Å². The van der Waals surface area contributed by atoms with Crippen molar-refractivity contribution in [2.24, 2.45) is 5.73 Å². The number of ether oxygens (including phenoxy) is 2. The van der Waals surface area contributed by atoms with Crippen LogP contribution in [0.5, 0.6) is 11.5 Å². The van der Waals surface area contributed by atoms with Gasteiger partial charge in [0.25, 0.3) is 0 Å². The minimum absolute atomic E-state index is 0.500. The first-order chi connectivity index (χ1) is 16.7. The lowest BCUT2D eigenvalue weighted by atomic mass is 10.1. The second-order valence-electron chi connectivity index (χ2n) is 8.86. The number of urea groups is 1. The Bertz CT molecular complexity index is 1150. The van der Waals surface area contributed by atoms with Gasteiger partial charge in [0.05, 0.1) is 0 Å². The third-order valence-corrected chi connectivity index (χ3v) is 7.69. The van der Waals surface area contributed by atoms with Crippen LogP contribution < -0.4 is 25.4 Å². The molecule has 180 valence electrons. The highest BCUT2D eigenvalue weighted by atomic mass is 32.1. The molecule has 1 aromatic heterocycles. The first-order valence-corrected chi connectivity index (χ1v) is 12.9. The van der Waals surface area contributed by atoms with Crippen molar-refractivity contribution in [3.05, 3.63) is 48.0 Å². The third kappa shape index (κ3) is 5.23. The number of primary amides is 1. The lowest BCUT2D eigenvalue weighted by Gasteiger charge is -2.26. The summed E-state index contributed by atoms with van der Waals surface area (Å²) in [5, 5.41) is 4.94. The van der Waals surface area contributed by atoms with Crippen molar-refractivity contribution in [2.75, 3.05) is 56.2 Å². The van der Waals surface area contributed by atoms with E-state index in [4.69, 9.17) is 15.2 Å².